The first-order valence-electron chi connectivity index (χ1n) is 8.48. The highest BCUT2D eigenvalue weighted by molar-refractivity contribution is 5.65. The van der Waals surface area contributed by atoms with Crippen molar-refractivity contribution in [2.75, 3.05) is 7.11 Å². The Bertz CT molecular complexity index is 842. The molecule has 0 aromatic heterocycles. The fourth-order valence-electron chi connectivity index (χ4n) is 2.88. The van der Waals surface area contributed by atoms with E-state index in [-0.39, 0.29) is 18.1 Å². The van der Waals surface area contributed by atoms with Gasteiger partial charge in [0, 0.05) is 5.56 Å². The second-order valence-corrected chi connectivity index (χ2v) is 6.44. The topological polar surface area (TPSA) is 44.8 Å². The second-order valence-electron chi connectivity index (χ2n) is 6.44. The van der Waals surface area contributed by atoms with E-state index in [1.165, 1.54) is 13.2 Å². The number of hydrogen-bond acceptors (Lipinski definition) is 4. The minimum Gasteiger partial charge on any atom is -0.488 e. The van der Waals surface area contributed by atoms with Gasteiger partial charge >= 0.3 is 12.3 Å². The van der Waals surface area contributed by atoms with Crippen LogP contribution in [0.1, 0.15) is 41.0 Å². The molecule has 2 aromatic rings. The van der Waals surface area contributed by atoms with Crippen LogP contribution < -0.4 is 9.47 Å². The normalized spacial score (nSPS) is 14.0. The summed E-state index contributed by atoms with van der Waals surface area (Å²) in [7, 11) is 1.19. The highest BCUT2D eigenvalue weighted by atomic mass is 19.4. The van der Waals surface area contributed by atoms with Gasteiger partial charge in [0.15, 0.2) is 0 Å². The Balaban J connectivity index is 1.91. The van der Waals surface area contributed by atoms with E-state index in [1.54, 1.807) is 25.1 Å². The van der Waals surface area contributed by atoms with Crippen LogP contribution in [0.15, 0.2) is 36.4 Å². The molecule has 7 heteroatoms. The number of carbonyl (C=O) groups is 1. The van der Waals surface area contributed by atoms with Crippen molar-refractivity contribution in [3.05, 3.63) is 58.7 Å². The monoisotopic (exact) mass is 380 g/mol. The average Bonchev–Trinajstić information content (AvgIpc) is 3.45. The van der Waals surface area contributed by atoms with Crippen molar-refractivity contribution in [1.82, 2.24) is 0 Å². The first kappa shape index (κ1) is 19.1. The van der Waals surface area contributed by atoms with Crippen molar-refractivity contribution in [3.63, 3.8) is 0 Å². The van der Waals surface area contributed by atoms with Crippen LogP contribution in [-0.2, 0) is 17.5 Å². The van der Waals surface area contributed by atoms with Gasteiger partial charge in [0.2, 0.25) is 0 Å². The molecule has 1 saturated carbocycles. The molecule has 0 bridgehead atoms. The van der Waals surface area contributed by atoms with Gasteiger partial charge in [-0.1, -0.05) is 23.8 Å². The van der Waals surface area contributed by atoms with Crippen LogP contribution in [0.2, 0.25) is 0 Å². The lowest BCUT2D eigenvalue weighted by Crippen LogP contribution is -2.12. The molecule has 27 heavy (non-hydrogen) atoms. The summed E-state index contributed by atoms with van der Waals surface area (Å²) in [5.74, 6) is 0.263. The summed E-state index contributed by atoms with van der Waals surface area (Å²) in [5.41, 5.74) is 1.13. The maximum atomic E-state index is 13.3. The average molecular weight is 380 g/mol. The summed E-state index contributed by atoms with van der Waals surface area (Å²) in [6.45, 7) is 1.44. The Morgan fingerprint density at radius 1 is 1.15 bits per heavy atom. The van der Waals surface area contributed by atoms with Crippen LogP contribution in [0.25, 0.3) is 0 Å². The Kier molecular flexibility index (Phi) is 5.30. The summed E-state index contributed by atoms with van der Waals surface area (Å²) >= 11 is 0. The molecule has 0 saturated heterocycles. The van der Waals surface area contributed by atoms with Gasteiger partial charge in [0.05, 0.1) is 12.7 Å². The summed E-state index contributed by atoms with van der Waals surface area (Å²) in [4.78, 5) is 11.5. The van der Waals surface area contributed by atoms with E-state index >= 15 is 0 Å². The zero-order chi connectivity index (χ0) is 19.6. The minimum absolute atomic E-state index is 0.148. The first-order chi connectivity index (χ1) is 12.8. The van der Waals surface area contributed by atoms with Crippen LogP contribution in [0, 0.1) is 6.92 Å². The lowest BCUT2D eigenvalue weighted by atomic mass is 10.0. The van der Waals surface area contributed by atoms with Crippen molar-refractivity contribution < 1.29 is 32.2 Å². The smallest absolute Gasteiger partial charge is 0.488 e. The van der Waals surface area contributed by atoms with Gasteiger partial charge in [-0.15, -0.1) is 0 Å². The molecule has 1 aliphatic rings. The molecule has 4 nitrogen and oxygen atoms in total. The van der Waals surface area contributed by atoms with E-state index < -0.39 is 17.9 Å². The number of alkyl halides is 3. The van der Waals surface area contributed by atoms with E-state index in [4.69, 9.17) is 9.47 Å². The molecule has 0 heterocycles. The van der Waals surface area contributed by atoms with E-state index in [9.17, 15) is 18.0 Å². The highest BCUT2D eigenvalue weighted by Gasteiger charge is 2.35. The molecular weight excluding hydrogens is 361 g/mol. The van der Waals surface area contributed by atoms with Crippen molar-refractivity contribution in [2.45, 2.75) is 38.5 Å². The summed E-state index contributed by atoms with van der Waals surface area (Å²) in [6.07, 6.45) is -3.46. The number of rotatable bonds is 5. The van der Waals surface area contributed by atoms with Crippen molar-refractivity contribution in [2.24, 2.45) is 0 Å². The maximum Gasteiger partial charge on any atom is 0.513 e. The molecule has 2 aromatic carbocycles. The largest absolute Gasteiger partial charge is 0.513 e. The number of aryl methyl sites for hydroxylation is 1. The van der Waals surface area contributed by atoms with Gasteiger partial charge in [-0.25, -0.2) is 4.79 Å². The molecule has 144 valence electrons. The quantitative estimate of drug-likeness (QED) is 0.499. The Labute approximate surface area is 154 Å². The van der Waals surface area contributed by atoms with Crippen molar-refractivity contribution in [1.29, 1.82) is 0 Å². The zero-order valence-corrected chi connectivity index (χ0v) is 14.9. The van der Waals surface area contributed by atoms with Crippen molar-refractivity contribution in [3.8, 4) is 11.5 Å². The fraction of sp³-hybridized carbons (Fsp3) is 0.350. The third-order valence-electron chi connectivity index (χ3n) is 4.36. The minimum atomic E-state index is -4.53. The van der Waals surface area contributed by atoms with Crippen LogP contribution >= 0.6 is 0 Å². The molecule has 0 spiro atoms. The van der Waals surface area contributed by atoms with Gasteiger partial charge in [0.1, 0.15) is 18.1 Å². The van der Waals surface area contributed by atoms with Crippen LogP contribution in [0.3, 0.4) is 0 Å². The lowest BCUT2D eigenvalue weighted by Gasteiger charge is -2.18. The Morgan fingerprint density at radius 2 is 1.89 bits per heavy atom. The molecule has 0 N–H and O–H groups in total. The van der Waals surface area contributed by atoms with Gasteiger partial charge in [-0.3, -0.25) is 0 Å². The highest BCUT2D eigenvalue weighted by Crippen LogP contribution is 2.44. The van der Waals surface area contributed by atoms with E-state index in [0.717, 1.165) is 24.5 Å². The van der Waals surface area contributed by atoms with Crippen LogP contribution in [0.4, 0.5) is 18.0 Å². The van der Waals surface area contributed by atoms with Crippen LogP contribution in [0.5, 0.6) is 11.5 Å². The number of methoxy groups -OCH3 is 1. The van der Waals surface area contributed by atoms with Gasteiger partial charge in [-0.05, 0) is 49.4 Å². The molecular formula is C20H19F3O4. The first-order valence-corrected chi connectivity index (χ1v) is 8.48. The van der Waals surface area contributed by atoms with Gasteiger partial charge in [0.25, 0.3) is 0 Å². The lowest BCUT2D eigenvalue weighted by molar-refractivity contribution is -0.139. The maximum absolute atomic E-state index is 13.3. The third-order valence-corrected chi connectivity index (χ3v) is 4.36. The van der Waals surface area contributed by atoms with E-state index in [2.05, 4.69) is 4.74 Å². The van der Waals surface area contributed by atoms with Crippen LogP contribution in [-0.4, -0.2) is 13.3 Å². The molecule has 0 radical (unpaired) electrons. The Morgan fingerprint density at radius 3 is 2.52 bits per heavy atom. The molecule has 0 atom stereocenters. The predicted molar refractivity (Wildman–Crippen MR) is 92.0 cm³/mol. The number of hydrogen-bond donors (Lipinski definition) is 0. The van der Waals surface area contributed by atoms with Crippen molar-refractivity contribution >= 4 is 6.16 Å². The number of halogens is 3. The number of benzene rings is 2. The molecule has 0 aliphatic heterocycles. The molecule has 1 aliphatic carbocycles. The fourth-order valence-corrected chi connectivity index (χ4v) is 2.88. The standard InChI is InChI=1S/C20H19F3O4/c1-12-6-9-18(16(10-12)20(21,22)23)26-11-15-14(13-7-8-13)4-3-5-17(15)27-19(24)25-2/h3-6,9-10,13H,7-8,11H2,1-2H3. The van der Waals surface area contributed by atoms with Gasteiger partial charge in [-0.2, -0.15) is 13.2 Å². The summed E-state index contributed by atoms with van der Waals surface area (Å²) < 4.78 is 55.1. The summed E-state index contributed by atoms with van der Waals surface area (Å²) in [5, 5.41) is 0. The molecule has 0 amide bonds. The summed E-state index contributed by atoms with van der Waals surface area (Å²) in [6, 6.07) is 9.10. The molecule has 3 rings (SSSR count). The molecule has 0 unspecified atom stereocenters. The predicted octanol–water partition coefficient (Wildman–Crippen LogP) is 5.62. The zero-order valence-electron chi connectivity index (χ0n) is 14.9. The van der Waals surface area contributed by atoms with E-state index in [1.807, 2.05) is 6.07 Å². The SMILES string of the molecule is COC(=O)Oc1cccc(C2CC2)c1COc1ccc(C)cc1C(F)(F)F. The number of carbonyl (C=O) groups excluding carboxylic acids is 1. The van der Waals surface area contributed by atoms with Gasteiger partial charge < -0.3 is 14.2 Å². The Hall–Kier alpha value is -2.70. The third kappa shape index (κ3) is 4.53. The van der Waals surface area contributed by atoms with E-state index in [0.29, 0.717) is 17.0 Å². The molecule has 1 fully saturated rings. The number of ether oxygens (including phenoxy) is 3. The second kappa shape index (κ2) is 7.50.